The van der Waals surface area contributed by atoms with Crippen LogP contribution in [0.15, 0.2) is 48.5 Å². The molecule has 21 heavy (non-hydrogen) atoms. The standard InChI is InChI=1S/C16H12N4O/c1-18-16-19-14-5-3-2-4-13(14)15(20-16)21-12-8-6-11(10-17)7-9-12/h2-9H,1H3,(H,18,19,20). The van der Waals surface area contributed by atoms with E-state index in [1.54, 1.807) is 31.3 Å². The van der Waals surface area contributed by atoms with Gasteiger partial charge in [-0.2, -0.15) is 10.2 Å². The number of nitrogens with one attached hydrogen (secondary N) is 1. The largest absolute Gasteiger partial charge is 0.438 e. The normalized spacial score (nSPS) is 10.1. The Morgan fingerprint density at radius 3 is 2.52 bits per heavy atom. The van der Waals surface area contributed by atoms with Crippen molar-refractivity contribution in [1.29, 1.82) is 5.26 Å². The highest BCUT2D eigenvalue weighted by molar-refractivity contribution is 5.84. The molecule has 0 aliphatic rings. The number of anilines is 1. The lowest BCUT2D eigenvalue weighted by Crippen LogP contribution is -1.99. The van der Waals surface area contributed by atoms with Crippen LogP contribution in [0.1, 0.15) is 5.56 Å². The van der Waals surface area contributed by atoms with Crippen LogP contribution in [0.5, 0.6) is 11.6 Å². The number of fused-ring (bicyclic) bond motifs is 1. The van der Waals surface area contributed by atoms with Crippen LogP contribution < -0.4 is 10.1 Å². The molecule has 3 aromatic rings. The topological polar surface area (TPSA) is 70.8 Å². The van der Waals surface area contributed by atoms with Crippen molar-refractivity contribution < 1.29 is 4.74 Å². The van der Waals surface area contributed by atoms with Gasteiger partial charge in [-0.1, -0.05) is 12.1 Å². The Balaban J connectivity index is 2.04. The highest BCUT2D eigenvalue weighted by Crippen LogP contribution is 2.28. The lowest BCUT2D eigenvalue weighted by Gasteiger charge is -2.09. The van der Waals surface area contributed by atoms with E-state index in [4.69, 9.17) is 10.00 Å². The lowest BCUT2D eigenvalue weighted by atomic mass is 10.2. The molecule has 1 aromatic heterocycles. The summed E-state index contributed by atoms with van der Waals surface area (Å²) < 4.78 is 5.83. The minimum Gasteiger partial charge on any atom is -0.438 e. The van der Waals surface area contributed by atoms with Crippen molar-refractivity contribution in [1.82, 2.24) is 9.97 Å². The summed E-state index contributed by atoms with van der Waals surface area (Å²) in [5.41, 5.74) is 1.39. The van der Waals surface area contributed by atoms with E-state index in [1.807, 2.05) is 24.3 Å². The first kappa shape index (κ1) is 12.9. The van der Waals surface area contributed by atoms with Gasteiger partial charge in [0.1, 0.15) is 5.75 Å². The fraction of sp³-hybridized carbons (Fsp3) is 0.0625. The Morgan fingerprint density at radius 2 is 1.81 bits per heavy atom. The Morgan fingerprint density at radius 1 is 1.05 bits per heavy atom. The van der Waals surface area contributed by atoms with Crippen LogP contribution in [0.4, 0.5) is 5.95 Å². The average Bonchev–Trinajstić information content (AvgIpc) is 2.55. The molecule has 0 saturated carbocycles. The molecular formula is C16H12N4O. The maximum atomic E-state index is 8.81. The molecule has 0 fully saturated rings. The third-order valence-electron chi connectivity index (χ3n) is 2.99. The highest BCUT2D eigenvalue weighted by atomic mass is 16.5. The van der Waals surface area contributed by atoms with E-state index in [1.165, 1.54) is 0 Å². The second-order valence-electron chi connectivity index (χ2n) is 4.36. The van der Waals surface area contributed by atoms with Crippen LogP contribution in [-0.2, 0) is 0 Å². The molecule has 5 heteroatoms. The summed E-state index contributed by atoms with van der Waals surface area (Å²) in [6.45, 7) is 0. The Hall–Kier alpha value is -3.13. The van der Waals surface area contributed by atoms with Gasteiger partial charge in [0.15, 0.2) is 0 Å². The maximum absolute atomic E-state index is 8.81. The second-order valence-corrected chi connectivity index (χ2v) is 4.36. The number of para-hydroxylation sites is 1. The molecule has 0 aliphatic heterocycles. The first-order valence-electron chi connectivity index (χ1n) is 6.42. The van der Waals surface area contributed by atoms with Gasteiger partial charge >= 0.3 is 0 Å². The van der Waals surface area contributed by atoms with Gasteiger partial charge in [0, 0.05) is 7.05 Å². The van der Waals surface area contributed by atoms with Gasteiger partial charge in [-0.25, -0.2) is 4.98 Å². The minimum atomic E-state index is 0.481. The summed E-state index contributed by atoms with van der Waals surface area (Å²) in [7, 11) is 1.76. The van der Waals surface area contributed by atoms with Gasteiger partial charge in [-0.3, -0.25) is 0 Å². The molecule has 0 atom stereocenters. The van der Waals surface area contributed by atoms with Crippen LogP contribution in [0.25, 0.3) is 10.9 Å². The predicted octanol–water partition coefficient (Wildman–Crippen LogP) is 3.34. The van der Waals surface area contributed by atoms with E-state index in [9.17, 15) is 0 Å². The Labute approximate surface area is 121 Å². The monoisotopic (exact) mass is 276 g/mol. The number of nitriles is 1. The smallest absolute Gasteiger partial charge is 0.231 e. The quantitative estimate of drug-likeness (QED) is 0.794. The summed E-state index contributed by atoms with van der Waals surface area (Å²) >= 11 is 0. The first-order valence-corrected chi connectivity index (χ1v) is 6.42. The van der Waals surface area contributed by atoms with Crippen molar-refractivity contribution in [2.75, 3.05) is 12.4 Å². The lowest BCUT2D eigenvalue weighted by molar-refractivity contribution is 0.469. The molecule has 0 aliphatic carbocycles. The van der Waals surface area contributed by atoms with Crippen molar-refractivity contribution in [2.45, 2.75) is 0 Å². The van der Waals surface area contributed by atoms with Gasteiger partial charge in [-0.15, -0.1) is 0 Å². The number of ether oxygens (including phenoxy) is 1. The fourth-order valence-electron chi connectivity index (χ4n) is 1.95. The third-order valence-corrected chi connectivity index (χ3v) is 2.99. The number of aromatic nitrogens is 2. The van der Waals surface area contributed by atoms with Crippen molar-refractivity contribution in [3.05, 3.63) is 54.1 Å². The van der Waals surface area contributed by atoms with E-state index in [0.717, 1.165) is 10.9 Å². The zero-order valence-electron chi connectivity index (χ0n) is 11.4. The zero-order chi connectivity index (χ0) is 14.7. The summed E-state index contributed by atoms with van der Waals surface area (Å²) in [5.74, 6) is 1.60. The molecule has 1 heterocycles. The molecule has 2 aromatic carbocycles. The number of benzene rings is 2. The number of rotatable bonds is 3. The fourth-order valence-corrected chi connectivity index (χ4v) is 1.95. The Kier molecular flexibility index (Phi) is 3.36. The molecule has 102 valence electrons. The highest BCUT2D eigenvalue weighted by Gasteiger charge is 2.08. The molecular weight excluding hydrogens is 264 g/mol. The van der Waals surface area contributed by atoms with Crippen LogP contribution in [-0.4, -0.2) is 17.0 Å². The molecule has 0 bridgehead atoms. The summed E-state index contributed by atoms with van der Waals surface area (Å²) in [4.78, 5) is 8.73. The number of hydrogen-bond acceptors (Lipinski definition) is 5. The SMILES string of the molecule is CNc1nc(Oc2ccc(C#N)cc2)c2ccccc2n1. The average molecular weight is 276 g/mol. The van der Waals surface area contributed by atoms with Crippen molar-refractivity contribution in [3.8, 4) is 17.7 Å². The van der Waals surface area contributed by atoms with E-state index >= 15 is 0 Å². The molecule has 0 radical (unpaired) electrons. The van der Waals surface area contributed by atoms with Gasteiger partial charge in [-0.05, 0) is 36.4 Å². The predicted molar refractivity (Wildman–Crippen MR) is 80.3 cm³/mol. The van der Waals surface area contributed by atoms with Gasteiger partial charge in [0.05, 0.1) is 22.5 Å². The van der Waals surface area contributed by atoms with Crippen LogP contribution in [0.3, 0.4) is 0 Å². The Bertz CT molecular complexity index is 822. The van der Waals surface area contributed by atoms with Crippen molar-refractivity contribution in [3.63, 3.8) is 0 Å². The first-order chi connectivity index (χ1) is 10.3. The summed E-state index contributed by atoms with van der Waals surface area (Å²) in [6, 6.07) is 16.6. The number of hydrogen-bond donors (Lipinski definition) is 1. The number of nitrogens with zero attached hydrogens (tertiary/aromatic N) is 3. The van der Waals surface area contributed by atoms with Crippen molar-refractivity contribution >= 4 is 16.9 Å². The zero-order valence-corrected chi connectivity index (χ0v) is 11.4. The molecule has 5 nitrogen and oxygen atoms in total. The van der Waals surface area contributed by atoms with E-state index in [0.29, 0.717) is 23.1 Å². The van der Waals surface area contributed by atoms with Crippen molar-refractivity contribution in [2.24, 2.45) is 0 Å². The van der Waals surface area contributed by atoms with E-state index < -0.39 is 0 Å². The molecule has 0 amide bonds. The third kappa shape index (κ3) is 2.60. The summed E-state index contributed by atoms with van der Waals surface area (Å²) in [6.07, 6.45) is 0. The van der Waals surface area contributed by atoms with Gasteiger partial charge < -0.3 is 10.1 Å². The van der Waals surface area contributed by atoms with E-state index in [-0.39, 0.29) is 0 Å². The second kappa shape index (κ2) is 5.47. The molecule has 0 unspecified atom stereocenters. The minimum absolute atomic E-state index is 0.481. The molecule has 0 spiro atoms. The summed E-state index contributed by atoms with van der Waals surface area (Å²) in [5, 5.41) is 12.6. The maximum Gasteiger partial charge on any atom is 0.231 e. The van der Waals surface area contributed by atoms with Crippen LogP contribution in [0, 0.1) is 11.3 Å². The van der Waals surface area contributed by atoms with Gasteiger partial charge in [0.25, 0.3) is 0 Å². The van der Waals surface area contributed by atoms with E-state index in [2.05, 4.69) is 21.4 Å². The van der Waals surface area contributed by atoms with Gasteiger partial charge in [0.2, 0.25) is 11.8 Å². The molecule has 1 N–H and O–H groups in total. The molecule has 0 saturated heterocycles. The van der Waals surface area contributed by atoms with Crippen LogP contribution >= 0.6 is 0 Å². The van der Waals surface area contributed by atoms with Crippen LogP contribution in [0.2, 0.25) is 0 Å². The molecule has 3 rings (SSSR count).